The Morgan fingerprint density at radius 1 is 1.47 bits per heavy atom. The lowest BCUT2D eigenvalue weighted by molar-refractivity contribution is -0.120. The molecule has 0 bridgehead atoms. The third-order valence-electron chi connectivity index (χ3n) is 3.45. The summed E-state index contributed by atoms with van der Waals surface area (Å²) in [6, 6.07) is 2.29. The zero-order valence-electron chi connectivity index (χ0n) is 11.3. The fraction of sp³-hybridized carbons (Fsp3) is 0.643. The minimum absolute atomic E-state index is 0.0591. The van der Waals surface area contributed by atoms with Crippen molar-refractivity contribution in [1.29, 1.82) is 0 Å². The average Bonchev–Trinajstić information content (AvgIpc) is 2.65. The number of fused-ring (bicyclic) bond motifs is 1. The first-order valence-electron chi connectivity index (χ1n) is 6.15. The van der Waals surface area contributed by atoms with E-state index >= 15 is 0 Å². The van der Waals surface area contributed by atoms with Crippen LogP contribution in [0.25, 0.3) is 0 Å². The molecule has 1 unspecified atom stereocenters. The molecular weight excluding hydrogens is 230 g/mol. The SMILES string of the molecule is CC(=O)NC1(C)CCc2sc(C(C)(C)C)cc21. The molecule has 1 N–H and O–H groups in total. The van der Waals surface area contributed by atoms with Gasteiger partial charge in [0.1, 0.15) is 0 Å². The Bertz CT molecular complexity index is 455. The summed E-state index contributed by atoms with van der Waals surface area (Å²) in [7, 11) is 0. The van der Waals surface area contributed by atoms with Crippen molar-refractivity contribution >= 4 is 17.2 Å². The van der Waals surface area contributed by atoms with E-state index in [1.807, 2.05) is 11.3 Å². The Kier molecular flexibility index (Phi) is 2.85. The van der Waals surface area contributed by atoms with E-state index in [9.17, 15) is 4.79 Å². The number of aryl methyl sites for hydroxylation is 1. The van der Waals surface area contributed by atoms with Crippen LogP contribution in [0.4, 0.5) is 0 Å². The zero-order chi connectivity index (χ0) is 12.8. The molecule has 1 atom stereocenters. The quantitative estimate of drug-likeness (QED) is 0.815. The van der Waals surface area contributed by atoms with Gasteiger partial charge in [-0.05, 0) is 36.8 Å². The van der Waals surface area contributed by atoms with Crippen molar-refractivity contribution in [2.24, 2.45) is 0 Å². The predicted molar refractivity (Wildman–Crippen MR) is 72.5 cm³/mol. The van der Waals surface area contributed by atoms with Gasteiger partial charge in [-0.2, -0.15) is 0 Å². The molecule has 1 aliphatic carbocycles. The lowest BCUT2D eigenvalue weighted by Crippen LogP contribution is -2.40. The van der Waals surface area contributed by atoms with Crippen molar-refractivity contribution in [2.45, 2.75) is 58.4 Å². The van der Waals surface area contributed by atoms with Crippen LogP contribution >= 0.6 is 11.3 Å². The Labute approximate surface area is 107 Å². The van der Waals surface area contributed by atoms with Crippen LogP contribution in [0.1, 0.15) is 56.4 Å². The molecule has 17 heavy (non-hydrogen) atoms. The zero-order valence-corrected chi connectivity index (χ0v) is 12.1. The van der Waals surface area contributed by atoms with E-state index in [-0.39, 0.29) is 16.9 Å². The van der Waals surface area contributed by atoms with E-state index in [1.165, 1.54) is 15.3 Å². The molecule has 0 saturated carbocycles. The van der Waals surface area contributed by atoms with Gasteiger partial charge in [-0.1, -0.05) is 20.8 Å². The summed E-state index contributed by atoms with van der Waals surface area (Å²) < 4.78 is 0. The number of nitrogens with one attached hydrogen (secondary N) is 1. The third kappa shape index (κ3) is 2.25. The van der Waals surface area contributed by atoms with Gasteiger partial charge in [0.25, 0.3) is 0 Å². The minimum Gasteiger partial charge on any atom is -0.347 e. The Hall–Kier alpha value is -0.830. The summed E-state index contributed by atoms with van der Waals surface area (Å²) in [5.41, 5.74) is 1.38. The van der Waals surface area contributed by atoms with Crippen LogP contribution < -0.4 is 5.32 Å². The molecular formula is C14H21NOS. The number of carbonyl (C=O) groups excluding carboxylic acids is 1. The number of hydrogen-bond acceptors (Lipinski definition) is 2. The molecule has 1 aromatic rings. The lowest BCUT2D eigenvalue weighted by atomic mass is 9.90. The molecule has 1 heterocycles. The summed E-state index contributed by atoms with van der Waals surface area (Å²) in [4.78, 5) is 14.2. The Morgan fingerprint density at radius 3 is 2.65 bits per heavy atom. The lowest BCUT2D eigenvalue weighted by Gasteiger charge is -2.26. The van der Waals surface area contributed by atoms with E-state index in [4.69, 9.17) is 0 Å². The van der Waals surface area contributed by atoms with Gasteiger partial charge >= 0.3 is 0 Å². The maximum absolute atomic E-state index is 11.3. The molecule has 3 heteroatoms. The fourth-order valence-corrected chi connectivity index (χ4v) is 3.81. The highest BCUT2D eigenvalue weighted by atomic mass is 32.1. The maximum Gasteiger partial charge on any atom is 0.217 e. The topological polar surface area (TPSA) is 29.1 Å². The molecule has 94 valence electrons. The largest absolute Gasteiger partial charge is 0.347 e. The fourth-order valence-electron chi connectivity index (χ4n) is 2.47. The van der Waals surface area contributed by atoms with Crippen molar-refractivity contribution < 1.29 is 4.79 Å². The first kappa shape index (κ1) is 12.6. The monoisotopic (exact) mass is 251 g/mol. The van der Waals surface area contributed by atoms with Crippen molar-refractivity contribution in [3.8, 4) is 0 Å². The van der Waals surface area contributed by atoms with Crippen LogP contribution in [0, 0.1) is 0 Å². The van der Waals surface area contributed by atoms with Crippen LogP contribution in [0.3, 0.4) is 0 Å². The summed E-state index contributed by atoms with van der Waals surface area (Å²) in [6.45, 7) is 10.5. The second-order valence-electron chi connectivity index (χ2n) is 6.21. The molecule has 1 aliphatic rings. The first-order chi connectivity index (χ1) is 7.72. The van der Waals surface area contributed by atoms with Crippen LogP contribution in [0.15, 0.2) is 6.07 Å². The average molecular weight is 251 g/mol. The van der Waals surface area contributed by atoms with Gasteiger partial charge in [0.05, 0.1) is 5.54 Å². The third-order valence-corrected chi connectivity index (χ3v) is 5.07. The second-order valence-corrected chi connectivity index (χ2v) is 7.35. The van der Waals surface area contributed by atoms with Gasteiger partial charge < -0.3 is 5.32 Å². The molecule has 0 spiro atoms. The Morgan fingerprint density at radius 2 is 2.12 bits per heavy atom. The van der Waals surface area contributed by atoms with Gasteiger partial charge in [0.15, 0.2) is 0 Å². The van der Waals surface area contributed by atoms with Crippen molar-refractivity contribution in [3.05, 3.63) is 21.4 Å². The van der Waals surface area contributed by atoms with Crippen molar-refractivity contribution in [1.82, 2.24) is 5.32 Å². The van der Waals surface area contributed by atoms with Crippen LogP contribution in [-0.4, -0.2) is 5.91 Å². The highest BCUT2D eigenvalue weighted by Crippen LogP contribution is 2.44. The van der Waals surface area contributed by atoms with Gasteiger partial charge in [-0.15, -0.1) is 11.3 Å². The van der Waals surface area contributed by atoms with Gasteiger partial charge in [0.2, 0.25) is 5.91 Å². The van der Waals surface area contributed by atoms with Gasteiger partial charge in [-0.25, -0.2) is 0 Å². The van der Waals surface area contributed by atoms with E-state index < -0.39 is 0 Å². The molecule has 0 saturated heterocycles. The molecule has 0 aliphatic heterocycles. The smallest absolute Gasteiger partial charge is 0.217 e. The number of thiophene rings is 1. The van der Waals surface area contributed by atoms with Gasteiger partial charge in [0, 0.05) is 16.7 Å². The normalized spacial score (nSPS) is 23.6. The maximum atomic E-state index is 11.3. The van der Waals surface area contributed by atoms with Crippen molar-refractivity contribution in [3.63, 3.8) is 0 Å². The molecule has 0 aromatic carbocycles. The van der Waals surface area contributed by atoms with Crippen LogP contribution in [-0.2, 0) is 22.2 Å². The molecule has 1 aromatic heterocycles. The summed E-state index contributed by atoms with van der Waals surface area (Å²) in [5.74, 6) is 0.0591. The predicted octanol–water partition coefficient (Wildman–Crippen LogP) is 3.34. The Balaban J connectivity index is 2.38. The van der Waals surface area contributed by atoms with Crippen LogP contribution in [0.5, 0.6) is 0 Å². The molecule has 0 fully saturated rings. The van der Waals surface area contributed by atoms with Crippen LogP contribution in [0.2, 0.25) is 0 Å². The van der Waals surface area contributed by atoms with E-state index in [0.29, 0.717) is 0 Å². The standard InChI is InChI=1S/C14H21NOS/c1-9(16)15-14(5)7-6-11-10(14)8-12(17-11)13(2,3)4/h8H,6-7H2,1-5H3,(H,15,16). The summed E-state index contributed by atoms with van der Waals surface area (Å²) in [5, 5.41) is 3.11. The van der Waals surface area contributed by atoms with E-state index in [1.54, 1.807) is 6.92 Å². The highest BCUT2D eigenvalue weighted by Gasteiger charge is 2.37. The van der Waals surface area contributed by atoms with E-state index in [2.05, 4.69) is 39.1 Å². The van der Waals surface area contributed by atoms with E-state index in [0.717, 1.165) is 12.8 Å². The summed E-state index contributed by atoms with van der Waals surface area (Å²) >= 11 is 1.91. The molecule has 0 radical (unpaired) electrons. The molecule has 2 nitrogen and oxygen atoms in total. The number of hydrogen-bond donors (Lipinski definition) is 1. The minimum atomic E-state index is -0.152. The molecule has 1 amide bonds. The second kappa shape index (κ2) is 3.84. The highest BCUT2D eigenvalue weighted by molar-refractivity contribution is 7.12. The van der Waals surface area contributed by atoms with Gasteiger partial charge in [-0.3, -0.25) is 4.79 Å². The number of amides is 1. The first-order valence-corrected chi connectivity index (χ1v) is 6.96. The number of carbonyl (C=O) groups is 1. The molecule has 2 rings (SSSR count). The van der Waals surface area contributed by atoms with Crippen molar-refractivity contribution in [2.75, 3.05) is 0 Å². The number of rotatable bonds is 1. The summed E-state index contributed by atoms with van der Waals surface area (Å²) in [6.07, 6.45) is 2.12.